The third kappa shape index (κ3) is 2.52. The Morgan fingerprint density at radius 1 is 1.42 bits per heavy atom. The van der Waals surface area contributed by atoms with Crippen LogP contribution < -0.4 is 5.32 Å². The molecule has 0 spiro atoms. The van der Waals surface area contributed by atoms with Crippen LogP contribution in [0.4, 0.5) is 0 Å². The second kappa shape index (κ2) is 5.33. The molecule has 3 rings (SSSR count). The van der Waals surface area contributed by atoms with Gasteiger partial charge in [0.2, 0.25) is 5.91 Å². The molecule has 3 heterocycles. The van der Waals surface area contributed by atoms with Gasteiger partial charge in [-0.3, -0.25) is 4.79 Å². The predicted octanol–water partition coefficient (Wildman–Crippen LogP) is 1.65. The summed E-state index contributed by atoms with van der Waals surface area (Å²) in [4.78, 5) is 14.6. The van der Waals surface area contributed by atoms with Gasteiger partial charge in [-0.15, -0.1) is 0 Å². The molecule has 0 aromatic carbocycles. The van der Waals surface area contributed by atoms with Crippen LogP contribution in [0, 0.1) is 12.8 Å². The Bertz CT molecular complexity index is 451. The van der Waals surface area contributed by atoms with Crippen LogP contribution in [0.2, 0.25) is 0 Å². The minimum atomic E-state index is 0.101. The summed E-state index contributed by atoms with van der Waals surface area (Å²) in [5.74, 6) is 1.33. The largest absolute Gasteiger partial charge is 0.359 e. The SMILES string of the molecule is Cc1cc(C2CCCN2C(=O)C2CCNCC2)on1. The number of hydrogen-bond donors (Lipinski definition) is 1. The van der Waals surface area contributed by atoms with Gasteiger partial charge in [-0.25, -0.2) is 0 Å². The molecular weight excluding hydrogens is 242 g/mol. The van der Waals surface area contributed by atoms with Gasteiger partial charge < -0.3 is 14.7 Å². The molecule has 2 saturated heterocycles. The molecule has 0 saturated carbocycles. The smallest absolute Gasteiger partial charge is 0.226 e. The third-order valence-electron chi connectivity index (χ3n) is 4.20. The van der Waals surface area contributed by atoms with E-state index in [4.69, 9.17) is 4.52 Å². The number of amides is 1. The average molecular weight is 263 g/mol. The summed E-state index contributed by atoms with van der Waals surface area (Å²) in [6, 6.07) is 2.06. The fourth-order valence-electron chi connectivity index (χ4n) is 3.17. The van der Waals surface area contributed by atoms with Crippen LogP contribution in [0.15, 0.2) is 10.6 Å². The van der Waals surface area contributed by atoms with E-state index in [0.29, 0.717) is 5.91 Å². The van der Waals surface area contributed by atoms with E-state index in [9.17, 15) is 4.79 Å². The summed E-state index contributed by atoms with van der Waals surface area (Å²) in [5, 5.41) is 7.25. The molecule has 2 fully saturated rings. The summed E-state index contributed by atoms with van der Waals surface area (Å²) >= 11 is 0. The number of aromatic nitrogens is 1. The summed E-state index contributed by atoms with van der Waals surface area (Å²) in [7, 11) is 0. The fourth-order valence-corrected chi connectivity index (χ4v) is 3.17. The summed E-state index contributed by atoms with van der Waals surface area (Å²) in [5.41, 5.74) is 0.885. The molecule has 1 amide bonds. The lowest BCUT2D eigenvalue weighted by molar-refractivity contribution is -0.137. The first-order valence-corrected chi connectivity index (χ1v) is 7.20. The van der Waals surface area contributed by atoms with Crippen molar-refractivity contribution in [3.8, 4) is 0 Å². The number of nitrogens with one attached hydrogen (secondary N) is 1. The van der Waals surface area contributed by atoms with Gasteiger partial charge in [0.15, 0.2) is 5.76 Å². The van der Waals surface area contributed by atoms with Gasteiger partial charge in [0, 0.05) is 18.5 Å². The van der Waals surface area contributed by atoms with Crippen LogP contribution in [0.1, 0.15) is 43.2 Å². The molecule has 1 N–H and O–H groups in total. The van der Waals surface area contributed by atoms with Gasteiger partial charge >= 0.3 is 0 Å². The number of rotatable bonds is 2. The van der Waals surface area contributed by atoms with Crippen LogP contribution in [0.3, 0.4) is 0 Å². The molecule has 0 aliphatic carbocycles. The Labute approximate surface area is 113 Å². The molecule has 5 nitrogen and oxygen atoms in total. The van der Waals surface area contributed by atoms with Crippen LogP contribution in [0.25, 0.3) is 0 Å². The zero-order chi connectivity index (χ0) is 13.2. The highest BCUT2D eigenvalue weighted by molar-refractivity contribution is 5.79. The maximum atomic E-state index is 12.6. The minimum absolute atomic E-state index is 0.101. The van der Waals surface area contributed by atoms with Gasteiger partial charge in [-0.05, 0) is 45.7 Å². The molecule has 1 atom stereocenters. The normalized spacial score (nSPS) is 24.9. The number of piperidine rings is 1. The van der Waals surface area contributed by atoms with Crippen LogP contribution in [-0.2, 0) is 4.79 Å². The number of aryl methyl sites for hydroxylation is 1. The molecule has 2 aliphatic heterocycles. The van der Waals surface area contributed by atoms with Crippen molar-refractivity contribution in [3.05, 3.63) is 17.5 Å². The first-order chi connectivity index (χ1) is 9.25. The number of likely N-dealkylation sites (tertiary alicyclic amines) is 1. The highest BCUT2D eigenvalue weighted by atomic mass is 16.5. The zero-order valence-electron chi connectivity index (χ0n) is 11.4. The Hall–Kier alpha value is -1.36. The topological polar surface area (TPSA) is 58.4 Å². The number of nitrogens with zero attached hydrogens (tertiary/aromatic N) is 2. The number of carbonyl (C=O) groups excluding carboxylic acids is 1. The van der Waals surface area contributed by atoms with E-state index in [1.165, 1.54) is 0 Å². The van der Waals surface area contributed by atoms with Crippen LogP contribution >= 0.6 is 0 Å². The van der Waals surface area contributed by atoms with E-state index in [0.717, 1.165) is 56.8 Å². The molecule has 0 bridgehead atoms. The van der Waals surface area contributed by atoms with E-state index in [-0.39, 0.29) is 12.0 Å². The minimum Gasteiger partial charge on any atom is -0.359 e. The summed E-state index contributed by atoms with van der Waals surface area (Å²) < 4.78 is 5.36. The molecule has 5 heteroatoms. The van der Waals surface area contributed by atoms with Gasteiger partial charge in [-0.2, -0.15) is 0 Å². The number of carbonyl (C=O) groups is 1. The lowest BCUT2D eigenvalue weighted by Gasteiger charge is -2.29. The molecule has 0 radical (unpaired) electrons. The van der Waals surface area contributed by atoms with E-state index in [2.05, 4.69) is 10.5 Å². The van der Waals surface area contributed by atoms with Crippen molar-refractivity contribution < 1.29 is 9.32 Å². The Morgan fingerprint density at radius 3 is 2.89 bits per heavy atom. The maximum absolute atomic E-state index is 12.6. The second-order valence-electron chi connectivity index (χ2n) is 5.58. The third-order valence-corrected chi connectivity index (χ3v) is 4.20. The van der Waals surface area contributed by atoms with Crippen molar-refractivity contribution in [2.24, 2.45) is 5.92 Å². The molecule has 19 heavy (non-hydrogen) atoms. The quantitative estimate of drug-likeness (QED) is 0.881. The molecular formula is C14H21N3O2. The van der Waals surface area contributed by atoms with E-state index in [1.54, 1.807) is 0 Å². The van der Waals surface area contributed by atoms with Gasteiger partial charge in [0.25, 0.3) is 0 Å². The molecule has 1 aromatic rings. The van der Waals surface area contributed by atoms with E-state index in [1.807, 2.05) is 17.9 Å². The Morgan fingerprint density at radius 2 is 2.21 bits per heavy atom. The van der Waals surface area contributed by atoms with Crippen LogP contribution in [0.5, 0.6) is 0 Å². The maximum Gasteiger partial charge on any atom is 0.226 e. The summed E-state index contributed by atoms with van der Waals surface area (Å²) in [6.07, 6.45) is 3.96. The van der Waals surface area contributed by atoms with Crippen molar-refractivity contribution in [1.29, 1.82) is 0 Å². The molecule has 1 unspecified atom stereocenters. The standard InChI is InChI=1S/C14H21N3O2/c1-10-9-13(19-16-10)12-3-2-8-17(12)14(18)11-4-6-15-7-5-11/h9,11-12,15H,2-8H2,1H3. The summed E-state index contributed by atoms with van der Waals surface area (Å²) in [6.45, 7) is 4.68. The second-order valence-corrected chi connectivity index (χ2v) is 5.58. The monoisotopic (exact) mass is 263 g/mol. The van der Waals surface area contributed by atoms with Crippen LogP contribution in [-0.4, -0.2) is 35.6 Å². The lowest BCUT2D eigenvalue weighted by atomic mass is 9.96. The molecule has 2 aliphatic rings. The molecule has 1 aromatic heterocycles. The fraction of sp³-hybridized carbons (Fsp3) is 0.714. The molecule has 104 valence electrons. The lowest BCUT2D eigenvalue weighted by Crippen LogP contribution is -2.40. The van der Waals surface area contributed by atoms with Gasteiger partial charge in [0.05, 0.1) is 11.7 Å². The van der Waals surface area contributed by atoms with Crippen molar-refractivity contribution in [1.82, 2.24) is 15.4 Å². The highest BCUT2D eigenvalue weighted by Gasteiger charge is 2.36. The highest BCUT2D eigenvalue weighted by Crippen LogP contribution is 2.34. The zero-order valence-corrected chi connectivity index (χ0v) is 11.4. The number of hydrogen-bond acceptors (Lipinski definition) is 4. The van der Waals surface area contributed by atoms with Crippen molar-refractivity contribution in [2.45, 2.75) is 38.6 Å². The van der Waals surface area contributed by atoms with E-state index >= 15 is 0 Å². The van der Waals surface area contributed by atoms with Crippen molar-refractivity contribution in [3.63, 3.8) is 0 Å². The van der Waals surface area contributed by atoms with Crippen molar-refractivity contribution >= 4 is 5.91 Å². The Balaban J connectivity index is 1.73. The first kappa shape index (κ1) is 12.7. The average Bonchev–Trinajstić information content (AvgIpc) is 3.07. The van der Waals surface area contributed by atoms with Gasteiger partial charge in [-0.1, -0.05) is 5.16 Å². The van der Waals surface area contributed by atoms with Gasteiger partial charge in [0.1, 0.15) is 0 Å². The van der Waals surface area contributed by atoms with Crippen molar-refractivity contribution in [2.75, 3.05) is 19.6 Å². The first-order valence-electron chi connectivity index (χ1n) is 7.20. The predicted molar refractivity (Wildman–Crippen MR) is 70.5 cm³/mol. The Kier molecular flexibility index (Phi) is 3.55. The van der Waals surface area contributed by atoms with E-state index < -0.39 is 0 Å².